The van der Waals surface area contributed by atoms with Gasteiger partial charge < -0.3 is 14.8 Å². The molecule has 0 heterocycles. The second-order valence-electron chi connectivity index (χ2n) is 3.26. The van der Waals surface area contributed by atoms with E-state index >= 15 is 0 Å². The minimum absolute atomic E-state index is 0.296. The van der Waals surface area contributed by atoms with E-state index < -0.39 is 11.9 Å². The number of esters is 1. The molecule has 0 aliphatic rings. The molecule has 0 aliphatic heterocycles. The Hall–Kier alpha value is -2.04. The van der Waals surface area contributed by atoms with Crippen molar-refractivity contribution in [3.63, 3.8) is 0 Å². The van der Waals surface area contributed by atoms with E-state index in [0.29, 0.717) is 18.0 Å². The minimum atomic E-state index is -0.488. The van der Waals surface area contributed by atoms with Crippen LogP contribution >= 0.6 is 0 Å². The molecule has 0 atom stereocenters. The van der Waals surface area contributed by atoms with Gasteiger partial charge in [-0.15, -0.1) is 0 Å². The summed E-state index contributed by atoms with van der Waals surface area (Å²) in [6.07, 6.45) is 0. The van der Waals surface area contributed by atoms with Crippen molar-refractivity contribution in [1.82, 2.24) is 0 Å². The number of anilines is 1. The molecule has 0 aromatic heterocycles. The number of para-hydroxylation sites is 2. The number of hydrogen-bond acceptors (Lipinski definition) is 4. The Bertz CT molecular complexity index is 403. The highest BCUT2D eigenvalue weighted by atomic mass is 16.5. The van der Waals surface area contributed by atoms with Gasteiger partial charge in [-0.05, 0) is 19.1 Å². The molecule has 5 heteroatoms. The maximum absolute atomic E-state index is 11.4. The Morgan fingerprint density at radius 3 is 2.65 bits per heavy atom. The van der Waals surface area contributed by atoms with Crippen molar-refractivity contribution in [2.24, 2.45) is 0 Å². The number of ether oxygens (including phenoxy) is 2. The third kappa shape index (κ3) is 4.55. The lowest BCUT2D eigenvalue weighted by molar-refractivity contribution is -0.144. The van der Waals surface area contributed by atoms with E-state index in [4.69, 9.17) is 4.74 Å². The van der Waals surface area contributed by atoms with Crippen LogP contribution in [0.3, 0.4) is 0 Å². The zero-order valence-electron chi connectivity index (χ0n) is 9.86. The first-order chi connectivity index (χ1) is 8.13. The SMILES string of the molecule is CCOc1ccccc1NC(=O)COC(C)=O. The maximum atomic E-state index is 11.4. The highest BCUT2D eigenvalue weighted by Gasteiger charge is 2.08. The van der Waals surface area contributed by atoms with Gasteiger partial charge >= 0.3 is 5.97 Å². The highest BCUT2D eigenvalue weighted by Crippen LogP contribution is 2.23. The van der Waals surface area contributed by atoms with Crippen LogP contribution in [0.5, 0.6) is 5.75 Å². The molecule has 5 nitrogen and oxygen atoms in total. The molecular weight excluding hydrogens is 222 g/mol. The van der Waals surface area contributed by atoms with E-state index in [0.717, 1.165) is 0 Å². The molecule has 0 radical (unpaired) electrons. The number of carbonyl (C=O) groups is 2. The third-order valence-corrected chi connectivity index (χ3v) is 1.87. The van der Waals surface area contributed by atoms with Crippen LogP contribution in [0, 0.1) is 0 Å². The molecule has 0 spiro atoms. The first-order valence-electron chi connectivity index (χ1n) is 5.28. The molecule has 17 heavy (non-hydrogen) atoms. The van der Waals surface area contributed by atoms with Gasteiger partial charge in [-0.1, -0.05) is 12.1 Å². The lowest BCUT2D eigenvalue weighted by atomic mass is 10.3. The Morgan fingerprint density at radius 2 is 2.00 bits per heavy atom. The topological polar surface area (TPSA) is 64.6 Å². The Morgan fingerprint density at radius 1 is 1.29 bits per heavy atom. The monoisotopic (exact) mass is 237 g/mol. The average Bonchev–Trinajstić information content (AvgIpc) is 2.29. The number of benzene rings is 1. The standard InChI is InChI=1S/C12H15NO4/c1-3-16-11-7-5-4-6-10(11)13-12(15)8-17-9(2)14/h4-7H,3,8H2,1-2H3,(H,13,15). The van der Waals surface area contributed by atoms with Gasteiger partial charge in [-0.2, -0.15) is 0 Å². The normalized spacial score (nSPS) is 9.53. The summed E-state index contributed by atoms with van der Waals surface area (Å²) in [5.74, 6) is -0.295. The van der Waals surface area contributed by atoms with Crippen LogP contribution in [0.4, 0.5) is 5.69 Å². The van der Waals surface area contributed by atoms with Crippen LogP contribution in [-0.2, 0) is 14.3 Å². The quantitative estimate of drug-likeness (QED) is 0.790. The Labute approximate surface area is 99.7 Å². The largest absolute Gasteiger partial charge is 0.492 e. The molecule has 1 amide bonds. The van der Waals surface area contributed by atoms with Gasteiger partial charge in [0, 0.05) is 6.92 Å². The van der Waals surface area contributed by atoms with Crippen LogP contribution in [0.2, 0.25) is 0 Å². The Balaban J connectivity index is 2.61. The van der Waals surface area contributed by atoms with Crippen LogP contribution in [-0.4, -0.2) is 25.1 Å². The fraction of sp³-hybridized carbons (Fsp3) is 0.333. The second kappa shape index (κ2) is 6.52. The molecule has 0 fully saturated rings. The molecule has 92 valence electrons. The molecule has 1 N–H and O–H groups in total. The maximum Gasteiger partial charge on any atom is 0.303 e. The van der Waals surface area contributed by atoms with Gasteiger partial charge in [0.05, 0.1) is 12.3 Å². The number of carbonyl (C=O) groups excluding carboxylic acids is 2. The second-order valence-corrected chi connectivity index (χ2v) is 3.26. The van der Waals surface area contributed by atoms with Gasteiger partial charge in [0.15, 0.2) is 6.61 Å². The van der Waals surface area contributed by atoms with Crippen molar-refractivity contribution in [2.75, 3.05) is 18.5 Å². The van der Waals surface area contributed by atoms with Gasteiger partial charge in [-0.25, -0.2) is 0 Å². The van der Waals surface area contributed by atoms with Gasteiger partial charge in [0.1, 0.15) is 5.75 Å². The summed E-state index contributed by atoms with van der Waals surface area (Å²) in [4.78, 5) is 22.0. The molecule has 0 saturated heterocycles. The van der Waals surface area contributed by atoms with E-state index in [-0.39, 0.29) is 6.61 Å². The van der Waals surface area contributed by atoms with Crippen molar-refractivity contribution in [3.8, 4) is 5.75 Å². The minimum Gasteiger partial charge on any atom is -0.492 e. The van der Waals surface area contributed by atoms with Crippen LogP contribution < -0.4 is 10.1 Å². The van der Waals surface area contributed by atoms with Crippen molar-refractivity contribution in [1.29, 1.82) is 0 Å². The summed E-state index contributed by atoms with van der Waals surface area (Å²) in [7, 11) is 0. The summed E-state index contributed by atoms with van der Waals surface area (Å²) in [5.41, 5.74) is 0.562. The molecule has 1 rings (SSSR count). The molecule has 0 aliphatic carbocycles. The zero-order chi connectivity index (χ0) is 12.7. The van der Waals surface area contributed by atoms with Crippen LogP contribution in [0.1, 0.15) is 13.8 Å². The van der Waals surface area contributed by atoms with E-state index in [1.807, 2.05) is 13.0 Å². The van der Waals surface area contributed by atoms with E-state index in [9.17, 15) is 9.59 Å². The number of rotatable bonds is 5. The first kappa shape index (κ1) is 13.0. The van der Waals surface area contributed by atoms with Crippen molar-refractivity contribution in [3.05, 3.63) is 24.3 Å². The predicted molar refractivity (Wildman–Crippen MR) is 62.9 cm³/mol. The molecule has 1 aromatic carbocycles. The summed E-state index contributed by atoms with van der Waals surface area (Å²) in [6, 6.07) is 7.07. The lowest BCUT2D eigenvalue weighted by Gasteiger charge is -2.10. The molecule has 0 unspecified atom stereocenters. The molecule has 0 saturated carbocycles. The summed E-state index contributed by atoms with van der Waals surface area (Å²) >= 11 is 0. The fourth-order valence-corrected chi connectivity index (χ4v) is 1.20. The van der Waals surface area contributed by atoms with Gasteiger partial charge in [0.2, 0.25) is 0 Å². The summed E-state index contributed by atoms with van der Waals surface area (Å²) in [5, 5.41) is 2.61. The average molecular weight is 237 g/mol. The predicted octanol–water partition coefficient (Wildman–Crippen LogP) is 1.59. The third-order valence-electron chi connectivity index (χ3n) is 1.87. The van der Waals surface area contributed by atoms with Crippen LogP contribution in [0.15, 0.2) is 24.3 Å². The summed E-state index contributed by atoms with van der Waals surface area (Å²) in [6.45, 7) is 3.32. The lowest BCUT2D eigenvalue weighted by Crippen LogP contribution is -2.20. The highest BCUT2D eigenvalue weighted by molar-refractivity contribution is 5.94. The number of hydrogen-bond donors (Lipinski definition) is 1. The zero-order valence-corrected chi connectivity index (χ0v) is 9.86. The molecule has 1 aromatic rings. The van der Waals surface area contributed by atoms with Crippen molar-refractivity contribution in [2.45, 2.75) is 13.8 Å². The Kier molecular flexibility index (Phi) is 5.00. The molecular formula is C12H15NO4. The number of amides is 1. The smallest absolute Gasteiger partial charge is 0.303 e. The van der Waals surface area contributed by atoms with Crippen molar-refractivity contribution < 1.29 is 19.1 Å². The van der Waals surface area contributed by atoms with Crippen LogP contribution in [0.25, 0.3) is 0 Å². The van der Waals surface area contributed by atoms with E-state index in [1.165, 1.54) is 6.92 Å². The molecule has 0 bridgehead atoms. The fourth-order valence-electron chi connectivity index (χ4n) is 1.20. The van der Waals surface area contributed by atoms with E-state index in [1.54, 1.807) is 18.2 Å². The summed E-state index contributed by atoms with van der Waals surface area (Å²) < 4.78 is 9.92. The van der Waals surface area contributed by atoms with Gasteiger partial charge in [-0.3, -0.25) is 9.59 Å². The van der Waals surface area contributed by atoms with Gasteiger partial charge in [0.25, 0.3) is 5.91 Å². The van der Waals surface area contributed by atoms with Crippen molar-refractivity contribution >= 4 is 17.6 Å². The number of nitrogens with one attached hydrogen (secondary N) is 1. The van der Waals surface area contributed by atoms with E-state index in [2.05, 4.69) is 10.1 Å². The first-order valence-corrected chi connectivity index (χ1v) is 5.28.